The standard InChI is InChI=1S/C12H12N4O2S2/c13-12(19)11-7-9(4-5-15-11)16-8-2-1-3-10(6-8)20(14,17)18/h1-7H,(H2,13,19)(H,15,16)(H2,14,17,18). The fraction of sp³-hybridized carbons (Fsp3) is 0. The number of pyridine rings is 1. The van der Waals surface area contributed by atoms with Crippen LogP contribution in [-0.4, -0.2) is 18.4 Å². The molecule has 0 spiro atoms. The van der Waals surface area contributed by atoms with Crippen molar-refractivity contribution in [2.45, 2.75) is 4.90 Å². The van der Waals surface area contributed by atoms with Gasteiger partial charge in [-0.3, -0.25) is 4.98 Å². The van der Waals surface area contributed by atoms with Gasteiger partial charge < -0.3 is 11.1 Å². The first kappa shape index (κ1) is 14.4. The van der Waals surface area contributed by atoms with Crippen LogP contribution in [0, 0.1) is 0 Å². The lowest BCUT2D eigenvalue weighted by Crippen LogP contribution is -2.12. The van der Waals surface area contributed by atoms with Crippen LogP contribution < -0.4 is 16.2 Å². The van der Waals surface area contributed by atoms with Crippen LogP contribution in [0.15, 0.2) is 47.5 Å². The molecule has 20 heavy (non-hydrogen) atoms. The highest BCUT2D eigenvalue weighted by atomic mass is 32.2. The molecule has 0 radical (unpaired) electrons. The Hall–Kier alpha value is -2.03. The van der Waals surface area contributed by atoms with Crippen LogP contribution in [-0.2, 0) is 10.0 Å². The van der Waals surface area contributed by atoms with Crippen molar-refractivity contribution < 1.29 is 8.42 Å². The van der Waals surface area contributed by atoms with Crippen LogP contribution in [0.5, 0.6) is 0 Å². The number of hydrogen-bond acceptors (Lipinski definition) is 5. The van der Waals surface area contributed by atoms with Gasteiger partial charge in [0.1, 0.15) is 4.99 Å². The first-order chi connectivity index (χ1) is 9.36. The highest BCUT2D eigenvalue weighted by molar-refractivity contribution is 7.89. The summed E-state index contributed by atoms with van der Waals surface area (Å²) in [6, 6.07) is 9.56. The van der Waals surface area contributed by atoms with Crippen LogP contribution in [0.25, 0.3) is 0 Å². The summed E-state index contributed by atoms with van der Waals surface area (Å²) in [6.07, 6.45) is 1.56. The predicted octanol–water partition coefficient (Wildman–Crippen LogP) is 1.11. The zero-order chi connectivity index (χ0) is 14.8. The predicted molar refractivity (Wildman–Crippen MR) is 81.2 cm³/mol. The van der Waals surface area contributed by atoms with Gasteiger partial charge in [0.25, 0.3) is 0 Å². The zero-order valence-electron chi connectivity index (χ0n) is 10.3. The topological polar surface area (TPSA) is 111 Å². The van der Waals surface area contributed by atoms with E-state index >= 15 is 0 Å². The molecule has 1 aromatic carbocycles. The minimum Gasteiger partial charge on any atom is -0.388 e. The van der Waals surface area contributed by atoms with Crippen molar-refractivity contribution >= 4 is 38.6 Å². The number of thiocarbonyl (C=S) groups is 1. The van der Waals surface area contributed by atoms with Crippen LogP contribution in [0.3, 0.4) is 0 Å². The summed E-state index contributed by atoms with van der Waals surface area (Å²) in [6.45, 7) is 0. The minimum atomic E-state index is -3.73. The van der Waals surface area contributed by atoms with Crippen LogP contribution >= 0.6 is 12.2 Å². The number of nitrogens with one attached hydrogen (secondary N) is 1. The quantitative estimate of drug-likeness (QED) is 0.730. The Labute approximate surface area is 121 Å². The molecule has 104 valence electrons. The molecule has 2 rings (SSSR count). The van der Waals surface area contributed by atoms with Gasteiger partial charge in [0, 0.05) is 17.6 Å². The maximum Gasteiger partial charge on any atom is 0.238 e. The monoisotopic (exact) mass is 308 g/mol. The van der Waals surface area contributed by atoms with Crippen molar-refractivity contribution in [1.82, 2.24) is 4.98 Å². The Morgan fingerprint density at radius 3 is 2.55 bits per heavy atom. The second-order valence-electron chi connectivity index (χ2n) is 3.99. The van der Waals surface area contributed by atoms with Crippen molar-refractivity contribution in [3.8, 4) is 0 Å². The SMILES string of the molecule is NC(=S)c1cc(Nc2cccc(S(N)(=O)=O)c2)ccn1. The summed E-state index contributed by atoms with van der Waals surface area (Å²) < 4.78 is 22.6. The molecule has 0 saturated heterocycles. The summed E-state index contributed by atoms with van der Waals surface area (Å²) in [7, 11) is -3.73. The van der Waals surface area contributed by atoms with Gasteiger partial charge in [0.05, 0.1) is 10.6 Å². The van der Waals surface area contributed by atoms with Gasteiger partial charge in [-0.15, -0.1) is 0 Å². The fourth-order valence-corrected chi connectivity index (χ4v) is 2.23. The Kier molecular flexibility index (Phi) is 3.98. The number of primary sulfonamides is 1. The molecule has 6 nitrogen and oxygen atoms in total. The van der Waals surface area contributed by atoms with Crippen LogP contribution in [0.4, 0.5) is 11.4 Å². The average molecular weight is 308 g/mol. The molecule has 1 heterocycles. The number of nitrogens with two attached hydrogens (primary N) is 2. The highest BCUT2D eigenvalue weighted by Crippen LogP contribution is 2.19. The molecular formula is C12H12N4O2S2. The van der Waals surface area contributed by atoms with E-state index in [1.807, 2.05) is 0 Å². The van der Waals surface area contributed by atoms with Crippen molar-refractivity contribution in [3.63, 3.8) is 0 Å². The molecule has 0 fully saturated rings. The molecule has 5 N–H and O–H groups in total. The van der Waals surface area contributed by atoms with Crippen LogP contribution in [0.1, 0.15) is 5.69 Å². The second kappa shape index (κ2) is 5.53. The molecule has 8 heteroatoms. The fourth-order valence-electron chi connectivity index (χ4n) is 1.56. The smallest absolute Gasteiger partial charge is 0.238 e. The van der Waals surface area contributed by atoms with Crippen molar-refractivity contribution in [2.24, 2.45) is 10.9 Å². The summed E-state index contributed by atoms with van der Waals surface area (Å²) in [5.74, 6) is 0. The third kappa shape index (κ3) is 3.50. The Morgan fingerprint density at radius 2 is 1.90 bits per heavy atom. The number of aromatic nitrogens is 1. The van der Waals surface area contributed by atoms with E-state index in [2.05, 4.69) is 10.3 Å². The molecule has 2 aromatic rings. The molecule has 0 aliphatic carbocycles. The molecule has 0 aliphatic heterocycles. The van der Waals surface area contributed by atoms with Gasteiger partial charge in [0.2, 0.25) is 10.0 Å². The minimum absolute atomic E-state index is 0.0334. The van der Waals surface area contributed by atoms with Gasteiger partial charge in [-0.2, -0.15) is 0 Å². The first-order valence-electron chi connectivity index (χ1n) is 5.52. The lowest BCUT2D eigenvalue weighted by Gasteiger charge is -2.08. The number of rotatable bonds is 4. The molecule has 1 aromatic heterocycles. The maximum absolute atomic E-state index is 11.3. The zero-order valence-corrected chi connectivity index (χ0v) is 11.9. The number of sulfonamides is 1. The first-order valence-corrected chi connectivity index (χ1v) is 7.47. The molecule has 0 amide bonds. The molecular weight excluding hydrogens is 296 g/mol. The van der Waals surface area contributed by atoms with E-state index < -0.39 is 10.0 Å². The van der Waals surface area contributed by atoms with Gasteiger partial charge in [0.15, 0.2) is 0 Å². The molecule has 0 bridgehead atoms. The van der Waals surface area contributed by atoms with Crippen molar-refractivity contribution in [2.75, 3.05) is 5.32 Å². The number of nitrogens with zero attached hydrogens (tertiary/aromatic N) is 1. The highest BCUT2D eigenvalue weighted by Gasteiger charge is 2.08. The lowest BCUT2D eigenvalue weighted by molar-refractivity contribution is 0.598. The Bertz CT molecular complexity index is 760. The van der Waals surface area contributed by atoms with Gasteiger partial charge >= 0.3 is 0 Å². The number of benzene rings is 1. The van der Waals surface area contributed by atoms with Crippen LogP contribution in [0.2, 0.25) is 0 Å². The summed E-state index contributed by atoms with van der Waals surface area (Å²) in [5, 5.41) is 8.12. The number of hydrogen-bond donors (Lipinski definition) is 3. The third-order valence-corrected chi connectivity index (χ3v) is 3.58. The van der Waals surface area contributed by atoms with Crippen molar-refractivity contribution in [1.29, 1.82) is 0 Å². The van der Waals surface area contributed by atoms with E-state index in [0.29, 0.717) is 17.1 Å². The van der Waals surface area contributed by atoms with Gasteiger partial charge in [-0.05, 0) is 30.3 Å². The van der Waals surface area contributed by atoms with E-state index in [9.17, 15) is 8.42 Å². The molecule has 0 saturated carbocycles. The summed E-state index contributed by atoms with van der Waals surface area (Å²) >= 11 is 4.85. The largest absolute Gasteiger partial charge is 0.388 e. The third-order valence-electron chi connectivity index (χ3n) is 2.46. The lowest BCUT2D eigenvalue weighted by atomic mass is 10.2. The molecule has 0 atom stereocenters. The van der Waals surface area contributed by atoms with Gasteiger partial charge in [-0.25, -0.2) is 13.6 Å². The van der Waals surface area contributed by atoms with E-state index in [1.165, 1.54) is 12.1 Å². The Balaban J connectivity index is 2.31. The summed E-state index contributed by atoms with van der Waals surface area (Å²) in [5.41, 5.74) is 7.25. The summed E-state index contributed by atoms with van der Waals surface area (Å²) in [4.78, 5) is 4.24. The normalized spacial score (nSPS) is 11.1. The van der Waals surface area contributed by atoms with Gasteiger partial charge in [-0.1, -0.05) is 18.3 Å². The van der Waals surface area contributed by atoms with E-state index in [0.717, 1.165) is 0 Å². The molecule has 0 unspecified atom stereocenters. The van der Waals surface area contributed by atoms with E-state index in [1.54, 1.807) is 30.5 Å². The Morgan fingerprint density at radius 1 is 1.20 bits per heavy atom. The number of anilines is 2. The van der Waals surface area contributed by atoms with Crippen molar-refractivity contribution in [3.05, 3.63) is 48.3 Å². The molecule has 0 aliphatic rings. The maximum atomic E-state index is 11.3. The second-order valence-corrected chi connectivity index (χ2v) is 5.99. The van der Waals surface area contributed by atoms with E-state index in [4.69, 9.17) is 23.1 Å². The van der Waals surface area contributed by atoms with E-state index in [-0.39, 0.29) is 9.88 Å². The average Bonchev–Trinajstić information content (AvgIpc) is 2.38.